The van der Waals surface area contributed by atoms with Gasteiger partial charge in [0.05, 0.1) is 5.56 Å². The Morgan fingerprint density at radius 2 is 2.42 bits per heavy atom. The average Bonchev–Trinajstić information content (AvgIpc) is 2.52. The van der Waals surface area contributed by atoms with E-state index in [1.54, 1.807) is 6.20 Å². The highest BCUT2D eigenvalue weighted by Gasteiger charge is 2.15. The van der Waals surface area contributed by atoms with Gasteiger partial charge in [0.25, 0.3) is 5.56 Å². The Morgan fingerprint density at radius 1 is 1.58 bits per heavy atom. The first-order valence-electron chi connectivity index (χ1n) is 4.00. The molecule has 0 aliphatic carbocycles. The lowest BCUT2D eigenvalue weighted by Gasteiger charge is -2.03. The first-order chi connectivity index (χ1) is 5.83. The molecule has 1 aliphatic heterocycles. The van der Waals surface area contributed by atoms with Crippen molar-refractivity contribution >= 4 is 5.69 Å². The molecule has 1 aliphatic rings. The molecule has 0 bridgehead atoms. The summed E-state index contributed by atoms with van der Waals surface area (Å²) < 4.78 is 0. The Kier molecular flexibility index (Phi) is 1.62. The number of fused-ring (bicyclic) bond motifs is 1. The summed E-state index contributed by atoms with van der Waals surface area (Å²) >= 11 is 0. The van der Waals surface area contributed by atoms with Crippen LogP contribution in [-0.2, 0) is 13.0 Å². The van der Waals surface area contributed by atoms with Crippen LogP contribution in [0, 0.1) is 0 Å². The number of anilines is 1. The minimum atomic E-state index is -0.0781. The van der Waals surface area contributed by atoms with Gasteiger partial charge in [-0.3, -0.25) is 4.79 Å². The fraction of sp³-hybridized carbons (Fsp3) is 0.375. The van der Waals surface area contributed by atoms with Crippen LogP contribution >= 0.6 is 0 Å². The van der Waals surface area contributed by atoms with Crippen LogP contribution in [0.2, 0.25) is 0 Å². The molecule has 0 fully saturated rings. The van der Waals surface area contributed by atoms with Crippen LogP contribution in [0.3, 0.4) is 0 Å². The molecule has 0 aromatic carbocycles. The summed E-state index contributed by atoms with van der Waals surface area (Å²) in [7, 11) is 0. The minimum Gasteiger partial charge on any atom is -0.384 e. The molecule has 4 N–H and O–H groups in total. The number of H-pyrrole nitrogens is 1. The van der Waals surface area contributed by atoms with Crippen LogP contribution in [-0.4, -0.2) is 11.5 Å². The Balaban J connectivity index is 2.65. The molecule has 0 saturated heterocycles. The number of aromatic amines is 1. The van der Waals surface area contributed by atoms with Gasteiger partial charge in [-0.25, -0.2) is 0 Å². The van der Waals surface area contributed by atoms with Crippen LogP contribution in [0.15, 0.2) is 11.0 Å². The highest BCUT2D eigenvalue weighted by Crippen LogP contribution is 2.22. The topological polar surface area (TPSA) is 70.9 Å². The molecular formula is C8H11N3O. The van der Waals surface area contributed by atoms with E-state index in [0.29, 0.717) is 12.1 Å². The van der Waals surface area contributed by atoms with Crippen molar-refractivity contribution in [2.45, 2.75) is 13.0 Å². The monoisotopic (exact) mass is 165 g/mol. The summed E-state index contributed by atoms with van der Waals surface area (Å²) in [6, 6.07) is 0. The number of hydrogen-bond donors (Lipinski definition) is 3. The second-order valence-electron chi connectivity index (χ2n) is 2.88. The number of nitrogens with one attached hydrogen (secondary N) is 2. The summed E-state index contributed by atoms with van der Waals surface area (Å²) in [5, 5.41) is 3.16. The zero-order chi connectivity index (χ0) is 8.55. The van der Waals surface area contributed by atoms with Crippen molar-refractivity contribution in [3.8, 4) is 0 Å². The first-order valence-corrected chi connectivity index (χ1v) is 4.00. The van der Waals surface area contributed by atoms with Crippen LogP contribution in [0.1, 0.15) is 11.1 Å². The third-order valence-corrected chi connectivity index (χ3v) is 2.17. The molecule has 0 unspecified atom stereocenters. The molecule has 1 aromatic rings. The summed E-state index contributed by atoms with van der Waals surface area (Å²) in [4.78, 5) is 13.9. The zero-order valence-electron chi connectivity index (χ0n) is 6.68. The van der Waals surface area contributed by atoms with Gasteiger partial charge in [-0.1, -0.05) is 0 Å². The Bertz CT molecular complexity index is 356. The van der Waals surface area contributed by atoms with Crippen LogP contribution in [0.25, 0.3) is 0 Å². The van der Waals surface area contributed by atoms with Gasteiger partial charge in [0.2, 0.25) is 0 Å². The summed E-state index contributed by atoms with van der Waals surface area (Å²) in [6.45, 7) is 1.20. The number of nitrogens with two attached hydrogens (primary N) is 1. The van der Waals surface area contributed by atoms with Gasteiger partial charge < -0.3 is 16.0 Å². The number of pyridine rings is 1. The van der Waals surface area contributed by atoms with Gasteiger partial charge in [0.15, 0.2) is 0 Å². The molecule has 2 rings (SSSR count). The first kappa shape index (κ1) is 7.36. The minimum absolute atomic E-state index is 0.0781. The number of aromatic nitrogens is 1. The Labute approximate surface area is 69.8 Å². The molecule has 2 heterocycles. The zero-order valence-corrected chi connectivity index (χ0v) is 6.68. The van der Waals surface area contributed by atoms with Crippen molar-refractivity contribution in [3.63, 3.8) is 0 Å². The summed E-state index contributed by atoms with van der Waals surface area (Å²) in [5.74, 6) is 0. The largest absolute Gasteiger partial charge is 0.384 e. The van der Waals surface area contributed by atoms with E-state index < -0.39 is 0 Å². The van der Waals surface area contributed by atoms with Crippen molar-refractivity contribution in [1.82, 2.24) is 4.98 Å². The quantitative estimate of drug-likeness (QED) is 0.539. The van der Waals surface area contributed by atoms with Crippen molar-refractivity contribution in [1.29, 1.82) is 0 Å². The standard InChI is InChI=1S/C8H11N3O/c9-3-6-7-5(1-2-10-7)4-11-8(6)12/h4,10H,1-3,9H2,(H,11,12). The lowest BCUT2D eigenvalue weighted by Crippen LogP contribution is -2.17. The highest BCUT2D eigenvalue weighted by molar-refractivity contribution is 5.59. The maximum absolute atomic E-state index is 11.2. The molecule has 0 saturated carbocycles. The highest BCUT2D eigenvalue weighted by atomic mass is 16.1. The summed E-state index contributed by atoms with van der Waals surface area (Å²) in [5.41, 5.74) is 8.16. The van der Waals surface area contributed by atoms with E-state index in [1.165, 1.54) is 0 Å². The molecule has 4 nitrogen and oxygen atoms in total. The van der Waals surface area contributed by atoms with E-state index in [4.69, 9.17) is 5.73 Å². The number of hydrogen-bond acceptors (Lipinski definition) is 3. The third-order valence-electron chi connectivity index (χ3n) is 2.17. The van der Waals surface area contributed by atoms with Crippen molar-refractivity contribution in [2.24, 2.45) is 5.73 Å². The van der Waals surface area contributed by atoms with Gasteiger partial charge >= 0.3 is 0 Å². The molecular weight excluding hydrogens is 154 g/mol. The van der Waals surface area contributed by atoms with Crippen LogP contribution < -0.4 is 16.6 Å². The molecule has 1 aromatic heterocycles. The van der Waals surface area contributed by atoms with E-state index in [1.807, 2.05) is 0 Å². The second kappa shape index (κ2) is 2.64. The maximum atomic E-state index is 11.2. The van der Waals surface area contributed by atoms with E-state index in [9.17, 15) is 4.79 Å². The molecule has 0 radical (unpaired) electrons. The smallest absolute Gasteiger partial charge is 0.254 e. The predicted octanol–water partition coefficient (Wildman–Crippen LogP) is -0.198. The van der Waals surface area contributed by atoms with Crippen LogP contribution in [0.5, 0.6) is 0 Å². The molecule has 4 heteroatoms. The molecule has 0 atom stereocenters. The molecule has 64 valence electrons. The van der Waals surface area contributed by atoms with Crippen molar-refractivity contribution < 1.29 is 0 Å². The predicted molar refractivity (Wildman–Crippen MR) is 47.1 cm³/mol. The lowest BCUT2D eigenvalue weighted by atomic mass is 10.1. The fourth-order valence-corrected chi connectivity index (χ4v) is 1.55. The maximum Gasteiger partial charge on any atom is 0.254 e. The Morgan fingerprint density at radius 3 is 3.17 bits per heavy atom. The normalized spacial score (nSPS) is 14.1. The van der Waals surface area contributed by atoms with Crippen LogP contribution in [0.4, 0.5) is 5.69 Å². The molecule has 0 amide bonds. The molecule has 12 heavy (non-hydrogen) atoms. The van der Waals surface area contributed by atoms with Crippen molar-refractivity contribution in [2.75, 3.05) is 11.9 Å². The van der Waals surface area contributed by atoms with Gasteiger partial charge in [0.1, 0.15) is 0 Å². The Hall–Kier alpha value is -1.29. The summed E-state index contributed by atoms with van der Waals surface area (Å²) in [6.07, 6.45) is 2.73. The van der Waals surface area contributed by atoms with E-state index in [0.717, 1.165) is 24.2 Å². The van der Waals surface area contributed by atoms with Gasteiger partial charge in [-0.2, -0.15) is 0 Å². The third kappa shape index (κ3) is 0.921. The lowest BCUT2D eigenvalue weighted by molar-refractivity contribution is 1.01. The van der Waals surface area contributed by atoms with Gasteiger partial charge in [-0.15, -0.1) is 0 Å². The molecule has 0 spiro atoms. The number of rotatable bonds is 1. The van der Waals surface area contributed by atoms with Gasteiger partial charge in [-0.05, 0) is 12.0 Å². The van der Waals surface area contributed by atoms with Crippen molar-refractivity contribution in [3.05, 3.63) is 27.7 Å². The van der Waals surface area contributed by atoms with E-state index in [2.05, 4.69) is 10.3 Å². The van der Waals surface area contributed by atoms with E-state index >= 15 is 0 Å². The second-order valence-corrected chi connectivity index (χ2v) is 2.88. The fourth-order valence-electron chi connectivity index (χ4n) is 1.55. The SMILES string of the molecule is NCc1c2c(c[nH]c1=O)CCN2. The average molecular weight is 165 g/mol. The van der Waals surface area contributed by atoms with Gasteiger partial charge in [0, 0.05) is 25.0 Å². The van der Waals surface area contributed by atoms with E-state index in [-0.39, 0.29) is 5.56 Å².